The number of fused-ring (bicyclic) bond motifs is 2. The number of imidazole rings is 2. The molecule has 1 amide bonds. The zero-order chi connectivity index (χ0) is 17.4. The third kappa shape index (κ3) is 3.04. The SMILES string of the molecule is CCc1nc2ccccc2n1CC(=O)N[C@H]1CCc2nc(C)cn2C1. The molecule has 0 radical (unpaired) electrons. The Morgan fingerprint density at radius 1 is 1.32 bits per heavy atom. The molecular weight excluding hydrogens is 314 g/mol. The van der Waals surface area contributed by atoms with Crippen LogP contribution in [0.5, 0.6) is 0 Å². The highest BCUT2D eigenvalue weighted by atomic mass is 16.2. The molecule has 0 bridgehead atoms. The number of aromatic nitrogens is 4. The second-order valence-corrected chi connectivity index (χ2v) is 6.71. The van der Waals surface area contributed by atoms with Crippen molar-refractivity contribution < 1.29 is 4.79 Å². The molecule has 0 saturated carbocycles. The van der Waals surface area contributed by atoms with Crippen molar-refractivity contribution in [3.63, 3.8) is 0 Å². The van der Waals surface area contributed by atoms with Crippen LogP contribution in [0.2, 0.25) is 0 Å². The Balaban J connectivity index is 1.48. The van der Waals surface area contributed by atoms with Crippen molar-refractivity contribution >= 4 is 16.9 Å². The molecule has 3 aromatic rings. The quantitative estimate of drug-likeness (QED) is 0.794. The van der Waals surface area contributed by atoms with Gasteiger partial charge in [-0.15, -0.1) is 0 Å². The first kappa shape index (κ1) is 15.9. The Labute approximate surface area is 146 Å². The molecule has 0 unspecified atom stereocenters. The number of nitrogens with one attached hydrogen (secondary N) is 1. The van der Waals surface area contributed by atoms with Gasteiger partial charge in [0.05, 0.1) is 16.7 Å². The van der Waals surface area contributed by atoms with Crippen LogP contribution in [0.1, 0.15) is 30.7 Å². The van der Waals surface area contributed by atoms with Crippen molar-refractivity contribution in [3.8, 4) is 0 Å². The van der Waals surface area contributed by atoms with E-state index in [2.05, 4.69) is 33.0 Å². The Hall–Kier alpha value is -2.63. The normalized spacial score (nSPS) is 16.8. The number of hydrogen-bond donors (Lipinski definition) is 1. The number of aryl methyl sites for hydroxylation is 3. The molecule has 0 fully saturated rings. The van der Waals surface area contributed by atoms with E-state index in [1.807, 2.05) is 35.8 Å². The maximum atomic E-state index is 12.6. The number of nitrogens with zero attached hydrogens (tertiary/aromatic N) is 4. The molecule has 6 heteroatoms. The maximum absolute atomic E-state index is 12.6. The Morgan fingerprint density at radius 3 is 3.00 bits per heavy atom. The third-order valence-electron chi connectivity index (χ3n) is 4.83. The fourth-order valence-corrected chi connectivity index (χ4v) is 3.69. The van der Waals surface area contributed by atoms with Gasteiger partial charge in [0.1, 0.15) is 18.2 Å². The molecule has 1 aliphatic rings. The highest BCUT2D eigenvalue weighted by Crippen LogP contribution is 2.17. The van der Waals surface area contributed by atoms with Gasteiger partial charge in [-0.1, -0.05) is 19.1 Å². The predicted molar refractivity (Wildman–Crippen MR) is 96.3 cm³/mol. The second kappa shape index (κ2) is 6.35. The van der Waals surface area contributed by atoms with Crippen molar-refractivity contribution in [1.82, 2.24) is 24.4 Å². The summed E-state index contributed by atoms with van der Waals surface area (Å²) in [5.74, 6) is 2.12. The molecule has 130 valence electrons. The van der Waals surface area contributed by atoms with Gasteiger partial charge < -0.3 is 14.5 Å². The lowest BCUT2D eigenvalue weighted by Crippen LogP contribution is -2.42. The van der Waals surface area contributed by atoms with Crippen LogP contribution in [0, 0.1) is 6.92 Å². The fourth-order valence-electron chi connectivity index (χ4n) is 3.69. The number of carbonyl (C=O) groups is 1. The number of amides is 1. The standard InChI is InChI=1S/C19H23N5O/c1-3-17-22-15-6-4-5-7-16(15)24(17)12-19(25)21-14-8-9-18-20-13(2)10-23(18)11-14/h4-7,10,14H,3,8-9,11-12H2,1-2H3,(H,21,25)/t14-/m0/s1. The Morgan fingerprint density at radius 2 is 2.16 bits per heavy atom. The van der Waals surface area contributed by atoms with E-state index in [1.54, 1.807) is 0 Å². The Bertz CT molecular complexity index is 923. The minimum atomic E-state index is 0.0446. The van der Waals surface area contributed by atoms with Gasteiger partial charge in [-0.3, -0.25) is 4.79 Å². The predicted octanol–water partition coefficient (Wildman–Crippen LogP) is 2.23. The molecule has 1 atom stereocenters. The van der Waals surface area contributed by atoms with E-state index < -0.39 is 0 Å². The molecule has 0 aliphatic carbocycles. The minimum Gasteiger partial charge on any atom is -0.350 e. The third-order valence-corrected chi connectivity index (χ3v) is 4.83. The summed E-state index contributed by atoms with van der Waals surface area (Å²) in [5.41, 5.74) is 3.01. The van der Waals surface area contributed by atoms with Crippen LogP contribution < -0.4 is 5.32 Å². The molecule has 0 spiro atoms. The average Bonchev–Trinajstić information content (AvgIpc) is 3.14. The van der Waals surface area contributed by atoms with E-state index in [9.17, 15) is 4.79 Å². The van der Waals surface area contributed by atoms with Crippen molar-refractivity contribution in [1.29, 1.82) is 0 Å². The monoisotopic (exact) mass is 337 g/mol. The van der Waals surface area contributed by atoms with Crippen LogP contribution >= 0.6 is 0 Å². The highest BCUT2D eigenvalue weighted by molar-refractivity contribution is 5.81. The van der Waals surface area contributed by atoms with Gasteiger partial charge in [-0.05, 0) is 25.5 Å². The van der Waals surface area contributed by atoms with Crippen molar-refractivity contribution in [2.75, 3.05) is 0 Å². The topological polar surface area (TPSA) is 64.7 Å². The molecule has 1 aromatic carbocycles. The highest BCUT2D eigenvalue weighted by Gasteiger charge is 2.22. The van der Waals surface area contributed by atoms with E-state index in [0.717, 1.165) is 54.2 Å². The number of hydrogen-bond acceptors (Lipinski definition) is 3. The van der Waals surface area contributed by atoms with Gasteiger partial charge in [-0.25, -0.2) is 9.97 Å². The van der Waals surface area contributed by atoms with Gasteiger partial charge in [0.15, 0.2) is 0 Å². The largest absolute Gasteiger partial charge is 0.350 e. The number of benzene rings is 1. The van der Waals surface area contributed by atoms with Gasteiger partial charge in [0, 0.05) is 31.6 Å². The molecule has 25 heavy (non-hydrogen) atoms. The molecule has 0 saturated heterocycles. The molecule has 1 N–H and O–H groups in total. The molecular formula is C19H23N5O. The van der Waals surface area contributed by atoms with E-state index in [1.165, 1.54) is 0 Å². The minimum absolute atomic E-state index is 0.0446. The zero-order valence-electron chi connectivity index (χ0n) is 14.7. The van der Waals surface area contributed by atoms with Crippen LogP contribution in [0.4, 0.5) is 0 Å². The first-order chi connectivity index (χ1) is 12.1. The molecule has 2 aromatic heterocycles. The average molecular weight is 337 g/mol. The van der Waals surface area contributed by atoms with Gasteiger partial charge in [0.2, 0.25) is 5.91 Å². The first-order valence-electron chi connectivity index (χ1n) is 8.90. The summed E-state index contributed by atoms with van der Waals surface area (Å²) in [5, 5.41) is 3.19. The summed E-state index contributed by atoms with van der Waals surface area (Å²) < 4.78 is 4.19. The van der Waals surface area contributed by atoms with Crippen molar-refractivity contribution in [2.45, 2.75) is 52.2 Å². The van der Waals surface area contributed by atoms with E-state index in [0.29, 0.717) is 6.54 Å². The Kier molecular flexibility index (Phi) is 4.03. The lowest BCUT2D eigenvalue weighted by molar-refractivity contribution is -0.122. The van der Waals surface area contributed by atoms with E-state index in [-0.39, 0.29) is 11.9 Å². The summed E-state index contributed by atoms with van der Waals surface area (Å²) in [6.07, 6.45) is 4.72. The van der Waals surface area contributed by atoms with Crippen LogP contribution in [-0.4, -0.2) is 31.1 Å². The van der Waals surface area contributed by atoms with Crippen LogP contribution in [0.15, 0.2) is 30.5 Å². The second-order valence-electron chi connectivity index (χ2n) is 6.71. The van der Waals surface area contributed by atoms with E-state index in [4.69, 9.17) is 0 Å². The van der Waals surface area contributed by atoms with Gasteiger partial charge in [0.25, 0.3) is 0 Å². The van der Waals surface area contributed by atoms with Crippen LogP contribution in [0.3, 0.4) is 0 Å². The zero-order valence-corrected chi connectivity index (χ0v) is 14.7. The van der Waals surface area contributed by atoms with Crippen molar-refractivity contribution in [2.24, 2.45) is 0 Å². The van der Waals surface area contributed by atoms with Gasteiger partial charge >= 0.3 is 0 Å². The number of para-hydroxylation sites is 2. The smallest absolute Gasteiger partial charge is 0.240 e. The first-order valence-corrected chi connectivity index (χ1v) is 8.90. The van der Waals surface area contributed by atoms with Crippen LogP contribution in [-0.2, 0) is 30.7 Å². The number of rotatable bonds is 4. The molecule has 4 rings (SSSR count). The molecule has 3 heterocycles. The molecule has 1 aliphatic heterocycles. The van der Waals surface area contributed by atoms with E-state index >= 15 is 0 Å². The fraction of sp³-hybridized carbons (Fsp3) is 0.421. The molecule has 6 nitrogen and oxygen atoms in total. The van der Waals surface area contributed by atoms with Crippen molar-refractivity contribution in [3.05, 3.63) is 47.8 Å². The summed E-state index contributed by atoms with van der Waals surface area (Å²) in [4.78, 5) is 21.8. The summed E-state index contributed by atoms with van der Waals surface area (Å²) in [6.45, 7) is 5.19. The maximum Gasteiger partial charge on any atom is 0.240 e. The van der Waals surface area contributed by atoms with Gasteiger partial charge in [-0.2, -0.15) is 0 Å². The number of carbonyl (C=O) groups excluding carboxylic acids is 1. The lowest BCUT2D eigenvalue weighted by atomic mass is 10.1. The lowest BCUT2D eigenvalue weighted by Gasteiger charge is -2.25. The summed E-state index contributed by atoms with van der Waals surface area (Å²) in [6, 6.07) is 8.14. The summed E-state index contributed by atoms with van der Waals surface area (Å²) in [7, 11) is 0. The van der Waals surface area contributed by atoms with Crippen LogP contribution in [0.25, 0.3) is 11.0 Å². The summed E-state index contributed by atoms with van der Waals surface area (Å²) >= 11 is 0.